The third-order valence-corrected chi connectivity index (χ3v) is 8.96. The summed E-state index contributed by atoms with van der Waals surface area (Å²) < 4.78 is 6.42. The van der Waals surface area contributed by atoms with Crippen LogP contribution in [-0.2, 0) is 6.42 Å². The topological polar surface area (TPSA) is 12.5 Å². The van der Waals surface area contributed by atoms with Crippen LogP contribution in [0.2, 0.25) is 0 Å². The lowest BCUT2D eigenvalue weighted by molar-refractivity contribution is 0.0264. The molecule has 3 aliphatic rings. The molecule has 0 radical (unpaired) electrons. The van der Waals surface area contributed by atoms with Crippen molar-refractivity contribution in [2.24, 2.45) is 23.2 Å². The minimum atomic E-state index is 0.603. The van der Waals surface area contributed by atoms with Crippen molar-refractivity contribution in [3.05, 3.63) is 29.3 Å². The highest BCUT2D eigenvalue weighted by atomic mass is 16.5. The first kappa shape index (κ1) is 20.3. The highest BCUT2D eigenvalue weighted by Gasteiger charge is 2.54. The first-order valence-corrected chi connectivity index (χ1v) is 12.1. The molecule has 3 aliphatic carbocycles. The Labute approximate surface area is 173 Å². The number of fused-ring (bicyclic) bond motifs is 5. The molecule has 0 amide bonds. The maximum atomic E-state index is 6.42. The first-order valence-electron chi connectivity index (χ1n) is 12.1. The van der Waals surface area contributed by atoms with Gasteiger partial charge in [0.15, 0.2) is 0 Å². The summed E-state index contributed by atoms with van der Waals surface area (Å²) in [7, 11) is 0. The zero-order valence-corrected chi connectivity index (χ0v) is 18.7. The molecule has 2 nitrogen and oxygen atoms in total. The molecule has 0 spiro atoms. The largest absolute Gasteiger partial charge is 0.492 e. The molecule has 4 rings (SSSR count). The second-order valence-electron chi connectivity index (χ2n) is 9.85. The molecular formula is C26H41NO. The van der Waals surface area contributed by atoms with Crippen molar-refractivity contribution in [1.82, 2.24) is 4.90 Å². The van der Waals surface area contributed by atoms with Gasteiger partial charge in [0, 0.05) is 12.1 Å². The van der Waals surface area contributed by atoms with Crippen molar-refractivity contribution in [1.29, 1.82) is 0 Å². The lowest BCUT2D eigenvalue weighted by Crippen LogP contribution is -2.42. The lowest BCUT2D eigenvalue weighted by atomic mass is 9.54. The average molecular weight is 384 g/mol. The summed E-state index contributed by atoms with van der Waals surface area (Å²) in [4.78, 5) is 2.45. The highest BCUT2D eigenvalue weighted by molar-refractivity contribution is 5.45. The van der Waals surface area contributed by atoms with E-state index in [4.69, 9.17) is 4.74 Å². The summed E-state index contributed by atoms with van der Waals surface area (Å²) in [6.45, 7) is 13.6. The summed E-state index contributed by atoms with van der Waals surface area (Å²) in [5, 5.41) is 0. The van der Waals surface area contributed by atoms with Crippen LogP contribution in [0.3, 0.4) is 0 Å². The number of hydrogen-bond acceptors (Lipinski definition) is 2. The summed E-state index contributed by atoms with van der Waals surface area (Å²) in [5.41, 5.74) is 3.78. The standard InChI is InChI=1S/C26H41NO/c1-5-20-12-14-23-21-13-11-19-9-8-10-24(28-18-17-27(6-2)7-3)25(19)22(21)15-16-26(20,23)4/h8-10,20-23H,5-7,11-18H2,1-4H3/t20-,21+,22-,23-,26+/m0/s1. The zero-order chi connectivity index (χ0) is 19.7. The molecule has 1 aromatic carbocycles. The van der Waals surface area contributed by atoms with Crippen molar-refractivity contribution in [2.75, 3.05) is 26.2 Å². The van der Waals surface area contributed by atoms with Crippen LogP contribution in [0.4, 0.5) is 0 Å². The molecule has 0 heterocycles. The van der Waals surface area contributed by atoms with Crippen LogP contribution in [0.1, 0.15) is 83.3 Å². The average Bonchev–Trinajstić information content (AvgIpc) is 3.07. The van der Waals surface area contributed by atoms with Crippen molar-refractivity contribution < 1.29 is 4.74 Å². The van der Waals surface area contributed by atoms with E-state index in [1.807, 2.05) is 0 Å². The van der Waals surface area contributed by atoms with Gasteiger partial charge in [-0.3, -0.25) is 0 Å². The summed E-state index contributed by atoms with van der Waals surface area (Å²) in [6, 6.07) is 6.85. The maximum absolute atomic E-state index is 6.42. The van der Waals surface area contributed by atoms with E-state index in [1.54, 1.807) is 11.1 Å². The van der Waals surface area contributed by atoms with Gasteiger partial charge in [0.05, 0.1) is 0 Å². The van der Waals surface area contributed by atoms with Crippen LogP contribution in [-0.4, -0.2) is 31.1 Å². The van der Waals surface area contributed by atoms with Gasteiger partial charge in [-0.15, -0.1) is 0 Å². The molecule has 0 unspecified atom stereocenters. The number of aryl methyl sites for hydroxylation is 1. The summed E-state index contributed by atoms with van der Waals surface area (Å²) >= 11 is 0. The fourth-order valence-electron chi connectivity index (χ4n) is 7.33. The molecule has 0 aromatic heterocycles. The third-order valence-electron chi connectivity index (χ3n) is 8.96. The summed E-state index contributed by atoms with van der Waals surface area (Å²) in [5.74, 6) is 4.72. The molecule has 0 aliphatic heterocycles. The predicted octanol–water partition coefficient (Wildman–Crippen LogP) is 6.29. The number of ether oxygens (including phenoxy) is 1. The van der Waals surface area contributed by atoms with Crippen molar-refractivity contribution in [3.63, 3.8) is 0 Å². The zero-order valence-electron chi connectivity index (χ0n) is 18.7. The van der Waals surface area contributed by atoms with Crippen molar-refractivity contribution in [2.45, 2.75) is 78.6 Å². The van der Waals surface area contributed by atoms with Crippen LogP contribution in [0.15, 0.2) is 18.2 Å². The van der Waals surface area contributed by atoms with Gasteiger partial charge < -0.3 is 9.64 Å². The van der Waals surface area contributed by atoms with Gasteiger partial charge in [-0.2, -0.15) is 0 Å². The van der Waals surface area contributed by atoms with Crippen LogP contribution in [0.5, 0.6) is 5.75 Å². The minimum absolute atomic E-state index is 0.603. The Bertz CT molecular complexity index is 666. The van der Waals surface area contributed by atoms with E-state index in [1.165, 1.54) is 50.7 Å². The molecule has 28 heavy (non-hydrogen) atoms. The molecule has 0 bridgehead atoms. The van der Waals surface area contributed by atoms with Gasteiger partial charge in [-0.05, 0) is 92.3 Å². The van der Waals surface area contributed by atoms with Gasteiger partial charge in [0.2, 0.25) is 0 Å². The van der Waals surface area contributed by atoms with E-state index in [0.29, 0.717) is 5.41 Å². The smallest absolute Gasteiger partial charge is 0.123 e. The minimum Gasteiger partial charge on any atom is -0.492 e. The molecule has 2 fully saturated rings. The fraction of sp³-hybridized carbons (Fsp3) is 0.769. The van der Waals surface area contributed by atoms with E-state index >= 15 is 0 Å². The number of likely N-dealkylation sites (N-methyl/N-ethyl adjacent to an activating group) is 1. The van der Waals surface area contributed by atoms with E-state index in [-0.39, 0.29) is 0 Å². The van der Waals surface area contributed by atoms with Gasteiger partial charge in [0.1, 0.15) is 12.4 Å². The monoisotopic (exact) mass is 383 g/mol. The first-order chi connectivity index (χ1) is 13.6. The van der Waals surface area contributed by atoms with E-state index in [9.17, 15) is 0 Å². The third kappa shape index (κ3) is 3.40. The van der Waals surface area contributed by atoms with Gasteiger partial charge >= 0.3 is 0 Å². The van der Waals surface area contributed by atoms with Crippen LogP contribution < -0.4 is 4.74 Å². The number of benzene rings is 1. The number of nitrogens with zero attached hydrogens (tertiary/aromatic N) is 1. The van der Waals surface area contributed by atoms with Crippen LogP contribution in [0, 0.1) is 23.2 Å². The predicted molar refractivity (Wildman–Crippen MR) is 118 cm³/mol. The highest BCUT2D eigenvalue weighted by Crippen LogP contribution is 2.64. The van der Waals surface area contributed by atoms with E-state index < -0.39 is 0 Å². The molecule has 0 N–H and O–H groups in total. The summed E-state index contributed by atoms with van der Waals surface area (Å²) in [6.07, 6.45) is 9.76. The van der Waals surface area contributed by atoms with E-state index in [0.717, 1.165) is 49.9 Å². The lowest BCUT2D eigenvalue weighted by Gasteiger charge is -2.51. The van der Waals surface area contributed by atoms with Crippen LogP contribution in [0.25, 0.3) is 0 Å². The second-order valence-corrected chi connectivity index (χ2v) is 9.85. The van der Waals surface area contributed by atoms with Gasteiger partial charge in [0.25, 0.3) is 0 Å². The Kier molecular flexibility index (Phi) is 6.06. The van der Waals surface area contributed by atoms with Crippen molar-refractivity contribution >= 4 is 0 Å². The number of hydrogen-bond donors (Lipinski definition) is 0. The van der Waals surface area contributed by atoms with Gasteiger partial charge in [-0.25, -0.2) is 0 Å². The number of rotatable bonds is 7. The molecule has 1 aromatic rings. The van der Waals surface area contributed by atoms with E-state index in [2.05, 4.69) is 50.8 Å². The normalized spacial score (nSPS) is 34.0. The quantitative estimate of drug-likeness (QED) is 0.548. The molecular weight excluding hydrogens is 342 g/mol. The Hall–Kier alpha value is -1.02. The van der Waals surface area contributed by atoms with Gasteiger partial charge in [-0.1, -0.05) is 46.2 Å². The fourth-order valence-corrected chi connectivity index (χ4v) is 7.33. The Morgan fingerprint density at radius 2 is 1.89 bits per heavy atom. The Morgan fingerprint density at radius 3 is 2.64 bits per heavy atom. The SMILES string of the molecule is CC[C@H]1CC[C@H]2[C@@H]3CCc4cccc(OCCN(CC)CC)c4[C@H]3CC[C@]12C. The maximum Gasteiger partial charge on any atom is 0.123 e. The molecule has 2 heteroatoms. The molecule has 0 saturated heterocycles. The Morgan fingerprint density at radius 1 is 1.07 bits per heavy atom. The Balaban J connectivity index is 1.54. The van der Waals surface area contributed by atoms with Crippen molar-refractivity contribution in [3.8, 4) is 5.75 Å². The molecule has 156 valence electrons. The molecule has 2 saturated carbocycles. The van der Waals surface area contributed by atoms with Crippen LogP contribution >= 0.6 is 0 Å². The molecule has 5 atom stereocenters. The second kappa shape index (κ2) is 8.38.